The lowest BCUT2D eigenvalue weighted by molar-refractivity contribution is -0.136. The lowest BCUT2D eigenvalue weighted by Crippen LogP contribution is -2.18. The van der Waals surface area contributed by atoms with Gasteiger partial charge in [0.2, 0.25) is 5.88 Å². The number of aromatic nitrogens is 1. The van der Waals surface area contributed by atoms with Crippen LogP contribution in [0, 0.1) is 0 Å². The predicted octanol–water partition coefficient (Wildman–Crippen LogP) is 2.92. The van der Waals surface area contributed by atoms with Gasteiger partial charge in [-0.2, -0.15) is 0 Å². The minimum Gasteiger partial charge on any atom is -0.494 e. The van der Waals surface area contributed by atoms with E-state index >= 15 is 0 Å². The number of nitrogens with one attached hydrogen (secondary N) is 1. The quantitative estimate of drug-likeness (QED) is 0.714. The molecule has 3 N–H and O–H groups in total. The van der Waals surface area contributed by atoms with Crippen molar-refractivity contribution in [2.45, 2.75) is 26.2 Å². The molecule has 6 nitrogen and oxygen atoms in total. The number of ether oxygens (including phenoxy) is 2. The fourth-order valence-corrected chi connectivity index (χ4v) is 2.17. The van der Waals surface area contributed by atoms with Crippen LogP contribution in [0.5, 0.6) is 23.3 Å². The van der Waals surface area contributed by atoms with Crippen molar-refractivity contribution in [2.24, 2.45) is 0 Å². The molecule has 22 heavy (non-hydrogen) atoms. The van der Waals surface area contributed by atoms with E-state index in [1.807, 2.05) is 26.0 Å². The molecule has 0 spiro atoms. The highest BCUT2D eigenvalue weighted by Gasteiger charge is 2.23. The minimum absolute atomic E-state index is 0.0908. The number of aromatic amines is 1. The zero-order valence-electron chi connectivity index (χ0n) is 12.5. The number of hydrogen-bond donors (Lipinski definition) is 3. The molecule has 0 aliphatic heterocycles. The number of aromatic hydroxyl groups is 2. The third kappa shape index (κ3) is 3.52. The molecule has 0 saturated heterocycles. The average molecular weight is 305 g/mol. The molecular formula is C16H19NO5. The van der Waals surface area contributed by atoms with E-state index < -0.39 is 11.9 Å². The van der Waals surface area contributed by atoms with Gasteiger partial charge in [-0.1, -0.05) is 19.1 Å². The Bertz CT molecular complexity index is 632. The van der Waals surface area contributed by atoms with Crippen molar-refractivity contribution >= 4 is 5.97 Å². The fourth-order valence-electron chi connectivity index (χ4n) is 2.17. The van der Waals surface area contributed by atoms with Crippen molar-refractivity contribution in [3.05, 3.63) is 35.9 Å². The molecule has 1 heterocycles. The molecule has 118 valence electrons. The Kier molecular flexibility index (Phi) is 4.93. The highest BCUT2D eigenvalue weighted by atomic mass is 16.5. The minimum atomic E-state index is -0.499. The van der Waals surface area contributed by atoms with E-state index in [0.29, 0.717) is 13.0 Å². The van der Waals surface area contributed by atoms with Gasteiger partial charge in [0.05, 0.1) is 12.5 Å². The molecule has 0 saturated carbocycles. The van der Waals surface area contributed by atoms with Crippen molar-refractivity contribution in [3.63, 3.8) is 0 Å². The van der Waals surface area contributed by atoms with Gasteiger partial charge in [0.25, 0.3) is 0 Å². The van der Waals surface area contributed by atoms with Crippen LogP contribution < -0.4 is 9.47 Å². The zero-order valence-corrected chi connectivity index (χ0v) is 12.5. The van der Waals surface area contributed by atoms with Gasteiger partial charge in [0.1, 0.15) is 5.75 Å². The monoisotopic (exact) mass is 305 g/mol. The van der Waals surface area contributed by atoms with Crippen LogP contribution in [0.3, 0.4) is 0 Å². The number of H-pyrrole nitrogens is 1. The number of hydrogen-bond acceptors (Lipinski definition) is 5. The summed E-state index contributed by atoms with van der Waals surface area (Å²) in [5.74, 6) is -0.968. The summed E-state index contributed by atoms with van der Waals surface area (Å²) in [6, 6.07) is 8.38. The highest BCUT2D eigenvalue weighted by molar-refractivity contribution is 5.80. The topological polar surface area (TPSA) is 91.8 Å². The predicted molar refractivity (Wildman–Crippen MR) is 80.4 cm³/mol. The molecule has 0 aliphatic rings. The maximum Gasteiger partial charge on any atom is 0.318 e. The zero-order chi connectivity index (χ0) is 16.1. The smallest absolute Gasteiger partial charge is 0.318 e. The van der Waals surface area contributed by atoms with Crippen LogP contribution in [0.4, 0.5) is 0 Å². The average Bonchev–Trinajstić information content (AvgIpc) is 2.80. The van der Waals surface area contributed by atoms with E-state index in [2.05, 4.69) is 4.98 Å². The first-order valence-electron chi connectivity index (χ1n) is 7.10. The van der Waals surface area contributed by atoms with Crippen LogP contribution in [0.25, 0.3) is 0 Å². The second-order valence-electron chi connectivity index (χ2n) is 4.75. The number of carbonyl (C=O) groups excluding carboxylic acids is 1. The van der Waals surface area contributed by atoms with Gasteiger partial charge < -0.3 is 19.7 Å². The van der Waals surface area contributed by atoms with Crippen LogP contribution in [0.2, 0.25) is 0 Å². The van der Waals surface area contributed by atoms with Crippen LogP contribution in [-0.4, -0.2) is 27.8 Å². The van der Waals surface area contributed by atoms with Gasteiger partial charge in [-0.25, -0.2) is 0 Å². The highest BCUT2D eigenvalue weighted by Crippen LogP contribution is 2.32. The van der Waals surface area contributed by atoms with Crippen molar-refractivity contribution in [1.82, 2.24) is 4.98 Å². The summed E-state index contributed by atoms with van der Waals surface area (Å²) in [5, 5.41) is 18.7. The maximum atomic E-state index is 12.3. The molecule has 2 rings (SSSR count). The Morgan fingerprint density at radius 2 is 1.91 bits per heavy atom. The van der Waals surface area contributed by atoms with Gasteiger partial charge in [-0.05, 0) is 31.0 Å². The van der Waals surface area contributed by atoms with Crippen LogP contribution in [-0.2, 0) is 4.79 Å². The summed E-state index contributed by atoms with van der Waals surface area (Å²) in [6.07, 6.45) is 0.546. The van der Waals surface area contributed by atoms with Crippen LogP contribution >= 0.6 is 0 Å². The summed E-state index contributed by atoms with van der Waals surface area (Å²) >= 11 is 0. The van der Waals surface area contributed by atoms with Crippen molar-refractivity contribution < 1.29 is 24.5 Å². The normalized spacial score (nSPS) is 11.9. The van der Waals surface area contributed by atoms with Crippen LogP contribution in [0.15, 0.2) is 30.3 Å². The van der Waals surface area contributed by atoms with Crippen LogP contribution in [0.1, 0.15) is 31.7 Å². The van der Waals surface area contributed by atoms with E-state index in [9.17, 15) is 15.0 Å². The summed E-state index contributed by atoms with van der Waals surface area (Å²) in [6.45, 7) is 4.35. The molecule has 0 fully saturated rings. The van der Waals surface area contributed by atoms with Gasteiger partial charge in [-0.15, -0.1) is 0 Å². The van der Waals surface area contributed by atoms with E-state index in [4.69, 9.17) is 9.47 Å². The third-order valence-electron chi connectivity index (χ3n) is 3.24. The first kappa shape index (κ1) is 15.8. The molecule has 1 unspecified atom stereocenters. The molecule has 6 heteroatoms. The summed E-state index contributed by atoms with van der Waals surface area (Å²) in [4.78, 5) is 14.5. The van der Waals surface area contributed by atoms with E-state index in [1.165, 1.54) is 0 Å². The molecule has 1 atom stereocenters. The Hall–Kier alpha value is -2.63. The SMILES string of the molecule is CCOc1ccc(C(CC)C(=O)Oc2cc(O)[nH]c2O)cc1. The van der Waals surface area contributed by atoms with E-state index in [1.54, 1.807) is 12.1 Å². The van der Waals surface area contributed by atoms with Gasteiger partial charge in [0, 0.05) is 6.07 Å². The summed E-state index contributed by atoms with van der Waals surface area (Å²) in [5.41, 5.74) is 0.801. The maximum absolute atomic E-state index is 12.3. The largest absolute Gasteiger partial charge is 0.494 e. The van der Waals surface area contributed by atoms with Gasteiger partial charge in [0.15, 0.2) is 11.6 Å². The van der Waals surface area contributed by atoms with Gasteiger partial charge >= 0.3 is 5.97 Å². The molecule has 0 radical (unpaired) electrons. The Balaban J connectivity index is 2.13. The van der Waals surface area contributed by atoms with Crippen molar-refractivity contribution in [1.29, 1.82) is 0 Å². The second-order valence-corrected chi connectivity index (χ2v) is 4.75. The number of benzene rings is 1. The number of esters is 1. The first-order chi connectivity index (χ1) is 10.5. The van der Waals surface area contributed by atoms with Gasteiger partial charge in [-0.3, -0.25) is 9.78 Å². The second kappa shape index (κ2) is 6.89. The van der Waals surface area contributed by atoms with Crippen molar-refractivity contribution in [2.75, 3.05) is 6.61 Å². The molecule has 2 aromatic rings. The Morgan fingerprint density at radius 1 is 1.23 bits per heavy atom. The Morgan fingerprint density at radius 3 is 2.41 bits per heavy atom. The third-order valence-corrected chi connectivity index (χ3v) is 3.24. The lowest BCUT2D eigenvalue weighted by Gasteiger charge is -2.14. The standard InChI is InChI=1S/C16H19NO5/c1-3-12(10-5-7-11(8-6-10)21-4-2)16(20)22-13-9-14(18)17-15(13)19/h5-9,12,17-19H,3-4H2,1-2H3. The number of carbonyl (C=O) groups is 1. The molecule has 0 aliphatic carbocycles. The van der Waals surface area contributed by atoms with E-state index in [-0.39, 0.29) is 17.5 Å². The molecule has 0 bridgehead atoms. The summed E-state index contributed by atoms with van der Waals surface area (Å²) in [7, 11) is 0. The van der Waals surface area contributed by atoms with E-state index in [0.717, 1.165) is 17.4 Å². The first-order valence-corrected chi connectivity index (χ1v) is 7.10. The molecule has 1 aromatic heterocycles. The molecule has 0 amide bonds. The fraction of sp³-hybridized carbons (Fsp3) is 0.312. The van der Waals surface area contributed by atoms with Crippen molar-refractivity contribution in [3.8, 4) is 23.3 Å². The molecular weight excluding hydrogens is 286 g/mol. The summed E-state index contributed by atoms with van der Waals surface area (Å²) < 4.78 is 10.5. The Labute approximate surface area is 128 Å². The lowest BCUT2D eigenvalue weighted by atomic mass is 9.96. The molecule has 1 aromatic carbocycles. The number of rotatable bonds is 6.